The third-order valence-corrected chi connectivity index (χ3v) is 2.00. The van der Waals surface area contributed by atoms with Crippen LogP contribution in [0.15, 0.2) is 18.3 Å². The number of hydrogen-bond acceptors (Lipinski definition) is 3. The molecule has 0 saturated heterocycles. The molecule has 0 spiro atoms. The number of aliphatic carboxylic acids is 1. The zero-order chi connectivity index (χ0) is 9.97. The van der Waals surface area contributed by atoms with Gasteiger partial charge in [0.2, 0.25) is 0 Å². The van der Waals surface area contributed by atoms with Gasteiger partial charge in [0.15, 0.2) is 5.65 Å². The van der Waals surface area contributed by atoms with Gasteiger partial charge in [0, 0.05) is 23.7 Å². The number of carboxylic acid groups (broad SMARTS) is 1. The molecule has 0 atom stereocenters. The van der Waals surface area contributed by atoms with E-state index < -0.39 is 5.97 Å². The van der Waals surface area contributed by atoms with Crippen LogP contribution >= 0.6 is 0 Å². The summed E-state index contributed by atoms with van der Waals surface area (Å²) in [5.41, 5.74) is 1.46. The van der Waals surface area contributed by atoms with Crippen LogP contribution in [0.1, 0.15) is 12.1 Å². The minimum absolute atomic E-state index is 0.103. The molecule has 0 amide bonds. The summed E-state index contributed by atoms with van der Waals surface area (Å²) >= 11 is 0. The summed E-state index contributed by atoms with van der Waals surface area (Å²) in [5, 5.41) is 16.2. The lowest BCUT2D eigenvalue weighted by Gasteiger charge is -1.93. The number of H-pyrrole nitrogens is 1. The summed E-state index contributed by atoms with van der Waals surface area (Å²) in [6.07, 6.45) is 2.22. The van der Waals surface area contributed by atoms with Crippen molar-refractivity contribution < 1.29 is 9.90 Å². The summed E-state index contributed by atoms with van der Waals surface area (Å²) in [6, 6.07) is 3.69. The highest BCUT2D eigenvalue weighted by Gasteiger charge is 2.06. The molecule has 72 valence electrons. The zero-order valence-electron chi connectivity index (χ0n) is 7.40. The molecule has 0 aliphatic heterocycles. The van der Waals surface area contributed by atoms with E-state index in [1.54, 1.807) is 6.20 Å². The second-order valence-corrected chi connectivity index (χ2v) is 2.97. The maximum atomic E-state index is 10.4. The van der Waals surface area contributed by atoms with Gasteiger partial charge < -0.3 is 5.11 Å². The van der Waals surface area contributed by atoms with Crippen molar-refractivity contribution in [2.75, 3.05) is 0 Å². The number of aromatic nitrogens is 3. The lowest BCUT2D eigenvalue weighted by Crippen LogP contribution is -1.97. The number of nitrogens with zero attached hydrogens (tertiary/aromatic N) is 2. The van der Waals surface area contributed by atoms with Crippen LogP contribution in [0.4, 0.5) is 0 Å². The van der Waals surface area contributed by atoms with E-state index in [0.717, 1.165) is 11.1 Å². The van der Waals surface area contributed by atoms with E-state index in [9.17, 15) is 4.79 Å². The normalized spacial score (nSPS) is 10.6. The quantitative estimate of drug-likeness (QED) is 0.757. The number of carboxylic acids is 1. The lowest BCUT2D eigenvalue weighted by atomic mass is 10.2. The molecule has 14 heavy (non-hydrogen) atoms. The van der Waals surface area contributed by atoms with Crippen LogP contribution in [-0.4, -0.2) is 26.3 Å². The first-order valence-electron chi connectivity index (χ1n) is 4.27. The number of aryl methyl sites for hydroxylation is 1. The van der Waals surface area contributed by atoms with E-state index in [4.69, 9.17) is 5.11 Å². The molecule has 2 rings (SSSR count). The predicted molar refractivity (Wildman–Crippen MR) is 49.8 cm³/mol. The summed E-state index contributed by atoms with van der Waals surface area (Å²) in [6.45, 7) is 0. The first kappa shape index (κ1) is 8.68. The number of carbonyl (C=O) groups is 1. The van der Waals surface area contributed by atoms with Crippen molar-refractivity contribution in [1.82, 2.24) is 15.2 Å². The number of hydrogen-bond donors (Lipinski definition) is 2. The Morgan fingerprint density at radius 1 is 1.57 bits per heavy atom. The number of nitrogens with one attached hydrogen (secondary N) is 1. The van der Waals surface area contributed by atoms with Gasteiger partial charge in [-0.05, 0) is 12.1 Å². The van der Waals surface area contributed by atoms with Crippen molar-refractivity contribution >= 4 is 17.0 Å². The van der Waals surface area contributed by atoms with Crippen molar-refractivity contribution in [3.63, 3.8) is 0 Å². The number of pyridine rings is 1. The third kappa shape index (κ3) is 1.56. The van der Waals surface area contributed by atoms with Crippen LogP contribution in [0.2, 0.25) is 0 Å². The molecule has 0 aliphatic carbocycles. The molecule has 0 bridgehead atoms. The molecule has 5 heteroatoms. The standard InChI is InChI=1S/C9H9N3O2/c13-8(14)4-3-7-6-2-1-5-10-9(6)12-11-7/h1-2,5H,3-4H2,(H,13,14)(H,10,11,12). The number of fused-ring (bicyclic) bond motifs is 1. The molecule has 0 aliphatic rings. The molecule has 0 unspecified atom stereocenters. The van der Waals surface area contributed by atoms with Crippen molar-refractivity contribution in [3.8, 4) is 0 Å². The molecule has 0 saturated carbocycles. The minimum Gasteiger partial charge on any atom is -0.481 e. The Balaban J connectivity index is 2.29. The fourth-order valence-corrected chi connectivity index (χ4v) is 1.32. The van der Waals surface area contributed by atoms with E-state index in [1.807, 2.05) is 12.1 Å². The first-order valence-corrected chi connectivity index (χ1v) is 4.27. The SMILES string of the molecule is O=C(O)CCc1[nH]nc2ncccc12. The molecule has 0 radical (unpaired) electrons. The van der Waals surface area contributed by atoms with E-state index in [2.05, 4.69) is 15.2 Å². The maximum absolute atomic E-state index is 10.4. The van der Waals surface area contributed by atoms with Gasteiger partial charge in [-0.2, -0.15) is 5.10 Å². The fourth-order valence-electron chi connectivity index (χ4n) is 1.32. The van der Waals surface area contributed by atoms with Crippen molar-refractivity contribution in [3.05, 3.63) is 24.0 Å². The smallest absolute Gasteiger partial charge is 0.303 e. The summed E-state index contributed by atoms with van der Waals surface area (Å²) < 4.78 is 0. The van der Waals surface area contributed by atoms with Crippen LogP contribution < -0.4 is 0 Å². The molecule has 0 fully saturated rings. The molecule has 2 aromatic rings. The van der Waals surface area contributed by atoms with Gasteiger partial charge in [-0.15, -0.1) is 0 Å². The van der Waals surface area contributed by atoms with Crippen LogP contribution in [0.5, 0.6) is 0 Å². The molecule has 2 heterocycles. The second kappa shape index (κ2) is 3.45. The monoisotopic (exact) mass is 191 g/mol. The molecule has 5 nitrogen and oxygen atoms in total. The lowest BCUT2D eigenvalue weighted by molar-refractivity contribution is -0.136. The van der Waals surface area contributed by atoms with E-state index in [0.29, 0.717) is 12.1 Å². The van der Waals surface area contributed by atoms with Gasteiger partial charge in [-0.25, -0.2) is 4.98 Å². The molecule has 2 N–H and O–H groups in total. The van der Waals surface area contributed by atoms with Crippen LogP contribution in [0.3, 0.4) is 0 Å². The highest BCUT2D eigenvalue weighted by molar-refractivity contribution is 5.78. The van der Waals surface area contributed by atoms with Crippen molar-refractivity contribution in [1.29, 1.82) is 0 Å². The van der Waals surface area contributed by atoms with Crippen molar-refractivity contribution in [2.24, 2.45) is 0 Å². The molecule has 0 aromatic carbocycles. The summed E-state index contributed by atoms with van der Waals surface area (Å²) in [5.74, 6) is -0.809. The number of aromatic amines is 1. The highest BCUT2D eigenvalue weighted by Crippen LogP contribution is 2.13. The average Bonchev–Trinajstić information content (AvgIpc) is 2.58. The van der Waals surface area contributed by atoms with Crippen LogP contribution in [0, 0.1) is 0 Å². The predicted octanol–water partition coefficient (Wildman–Crippen LogP) is 0.975. The van der Waals surface area contributed by atoms with Crippen LogP contribution in [-0.2, 0) is 11.2 Å². The summed E-state index contributed by atoms with van der Waals surface area (Å²) in [7, 11) is 0. The van der Waals surface area contributed by atoms with E-state index in [-0.39, 0.29) is 6.42 Å². The Morgan fingerprint density at radius 3 is 3.21 bits per heavy atom. The highest BCUT2D eigenvalue weighted by atomic mass is 16.4. The third-order valence-electron chi connectivity index (χ3n) is 2.00. The number of rotatable bonds is 3. The zero-order valence-corrected chi connectivity index (χ0v) is 7.40. The second-order valence-electron chi connectivity index (χ2n) is 2.97. The fraction of sp³-hybridized carbons (Fsp3) is 0.222. The Labute approximate surface area is 79.8 Å². The van der Waals surface area contributed by atoms with E-state index >= 15 is 0 Å². The van der Waals surface area contributed by atoms with Gasteiger partial charge in [-0.1, -0.05) is 0 Å². The van der Waals surface area contributed by atoms with Gasteiger partial charge >= 0.3 is 5.97 Å². The molecular formula is C9H9N3O2. The van der Waals surface area contributed by atoms with Gasteiger partial charge in [0.1, 0.15) is 0 Å². The maximum Gasteiger partial charge on any atom is 0.303 e. The first-order chi connectivity index (χ1) is 6.77. The Bertz CT molecular complexity index is 464. The molecular weight excluding hydrogens is 182 g/mol. The Morgan fingerprint density at radius 2 is 2.43 bits per heavy atom. The van der Waals surface area contributed by atoms with Gasteiger partial charge in [-0.3, -0.25) is 9.89 Å². The van der Waals surface area contributed by atoms with Gasteiger partial charge in [0.25, 0.3) is 0 Å². The summed E-state index contributed by atoms with van der Waals surface area (Å²) in [4.78, 5) is 14.4. The Kier molecular flexibility index (Phi) is 2.14. The van der Waals surface area contributed by atoms with Gasteiger partial charge in [0.05, 0.1) is 6.42 Å². The average molecular weight is 191 g/mol. The topological polar surface area (TPSA) is 78.9 Å². The van der Waals surface area contributed by atoms with E-state index in [1.165, 1.54) is 0 Å². The minimum atomic E-state index is -0.809. The molecule has 2 aromatic heterocycles. The van der Waals surface area contributed by atoms with Crippen molar-refractivity contribution in [2.45, 2.75) is 12.8 Å². The Hall–Kier alpha value is -1.91. The van der Waals surface area contributed by atoms with Crippen LogP contribution in [0.25, 0.3) is 11.0 Å². The largest absolute Gasteiger partial charge is 0.481 e.